The predicted octanol–water partition coefficient (Wildman–Crippen LogP) is 15.2. The quantitative estimate of drug-likeness (QED) is 0.0453. The molecule has 0 saturated heterocycles. The predicted molar refractivity (Wildman–Crippen MR) is 340 cm³/mol. The summed E-state index contributed by atoms with van der Waals surface area (Å²) in [5, 5.41) is 3.52. The van der Waals surface area contributed by atoms with Crippen molar-refractivity contribution in [1.29, 1.82) is 0 Å². The number of terminal acetylenes is 2. The van der Waals surface area contributed by atoms with E-state index >= 15 is 0 Å². The Hall–Kier alpha value is -11.0. The maximum absolute atomic E-state index is 7.06. The largest absolute Gasteiger partial charge is 0.497 e. The van der Waals surface area contributed by atoms with Crippen LogP contribution >= 0.6 is 0 Å². The van der Waals surface area contributed by atoms with Gasteiger partial charge in [-0.3, -0.25) is 0 Å². The summed E-state index contributed by atoms with van der Waals surface area (Å²) in [6, 6.07) is 53.7. The number of hydrogen-bond acceptors (Lipinski definition) is 14. The number of hydrogen-bond donors (Lipinski definition) is 0. The van der Waals surface area contributed by atoms with Crippen molar-refractivity contribution in [3.8, 4) is 116 Å². The zero-order chi connectivity index (χ0) is 61.5. The molecule has 0 unspecified atom stereocenters. The summed E-state index contributed by atoms with van der Waals surface area (Å²) in [5.41, 5.74) is 7.86. The van der Waals surface area contributed by atoms with E-state index in [1.165, 1.54) is 0 Å². The highest BCUT2D eigenvalue weighted by atomic mass is 16.5. The van der Waals surface area contributed by atoms with Gasteiger partial charge in [0.2, 0.25) is 0 Å². The highest BCUT2D eigenvalue weighted by molar-refractivity contribution is 6.10. The topological polar surface area (TPSA) is 129 Å². The van der Waals surface area contributed by atoms with Gasteiger partial charge in [-0.05, 0) is 164 Å². The van der Waals surface area contributed by atoms with Crippen LogP contribution in [0.1, 0.15) is 44.5 Å². The summed E-state index contributed by atoms with van der Waals surface area (Å²) >= 11 is 0. The second-order valence-electron chi connectivity index (χ2n) is 20.3. The third-order valence-corrected chi connectivity index (χ3v) is 14.5. The first kappa shape index (κ1) is 60.2. The third kappa shape index (κ3) is 14.7. The van der Waals surface area contributed by atoms with Crippen LogP contribution in [0.2, 0.25) is 0 Å². The molecule has 0 aliphatic rings. The first-order valence-electron chi connectivity index (χ1n) is 28.0. The molecule has 0 radical (unpaired) electrons. The van der Waals surface area contributed by atoms with Crippen molar-refractivity contribution in [2.75, 3.05) is 56.9 Å². The maximum Gasteiger partial charge on any atom is 0.128 e. The average Bonchev–Trinajstić information content (AvgIpc) is 1.36. The van der Waals surface area contributed by atoms with E-state index in [1.54, 1.807) is 56.9 Å². The van der Waals surface area contributed by atoms with Crippen LogP contribution in [0.3, 0.4) is 0 Å². The minimum atomic E-state index is 0.0946. The molecule has 14 heteroatoms. The number of rotatable bonds is 27. The summed E-state index contributed by atoms with van der Waals surface area (Å²) in [6.45, 7) is 0.998. The minimum Gasteiger partial charge on any atom is -0.497 e. The van der Waals surface area contributed by atoms with Gasteiger partial charge in [0, 0.05) is 58.7 Å². The van der Waals surface area contributed by atoms with Crippen molar-refractivity contribution in [2.24, 2.45) is 0 Å². The van der Waals surface area contributed by atoms with Crippen LogP contribution in [0.25, 0.3) is 32.7 Å². The molecule has 0 bridgehead atoms. The molecule has 0 spiro atoms. The highest BCUT2D eigenvalue weighted by Crippen LogP contribution is 2.47. The molecule has 0 amide bonds. The lowest BCUT2D eigenvalue weighted by molar-refractivity contribution is 0.280. The molecule has 0 N–H and O–H groups in total. The normalized spacial score (nSPS) is 10.8. The minimum absolute atomic E-state index is 0.0946. The van der Waals surface area contributed by atoms with E-state index in [2.05, 4.69) is 11.8 Å². The molecule has 0 aromatic heterocycles. The fourth-order valence-corrected chi connectivity index (χ4v) is 10.1. The Labute approximate surface area is 512 Å². The first-order chi connectivity index (χ1) is 43.0. The van der Waals surface area contributed by atoms with Crippen LogP contribution < -0.4 is 66.3 Å². The standard InChI is InChI=1S/C74H66O14/c1-11-47-13-17-69-55(21-47)15-19-71(87-45-53-31-65(83-41-49-23-57(75-3)35-58(24-49)76-4)39-66(32-53)84-42-50-25-59(77-5)36-60(26-50)78-6)73(69)74-70-18-14-48(12-2)22-56(70)16-20-72(74)88-46-54-33-67(85-43-51-27-61(79-7)37-62(28-51)80-8)40-68(34-54)86-44-52-29-63(81-9)38-64(30-52)82-10/h1-2,13-40H,41-46H2,3-10H3. The molecular weight excluding hydrogens is 1110 g/mol. The fourth-order valence-electron chi connectivity index (χ4n) is 10.1. The lowest BCUT2D eigenvalue weighted by atomic mass is 9.91. The van der Waals surface area contributed by atoms with Crippen molar-refractivity contribution >= 4 is 21.5 Å². The average molecular weight is 1180 g/mol. The van der Waals surface area contributed by atoms with Gasteiger partial charge >= 0.3 is 0 Å². The van der Waals surface area contributed by atoms with E-state index in [-0.39, 0.29) is 39.6 Å². The lowest BCUT2D eigenvalue weighted by Crippen LogP contribution is -2.04. The highest BCUT2D eigenvalue weighted by Gasteiger charge is 2.22. The zero-order valence-electron chi connectivity index (χ0n) is 50.3. The summed E-state index contributed by atoms with van der Waals surface area (Å²) in [4.78, 5) is 0. The van der Waals surface area contributed by atoms with E-state index < -0.39 is 0 Å². The number of benzene rings is 10. The second-order valence-corrected chi connectivity index (χ2v) is 20.3. The third-order valence-electron chi connectivity index (χ3n) is 14.5. The van der Waals surface area contributed by atoms with Crippen molar-refractivity contribution in [3.05, 3.63) is 214 Å². The number of ether oxygens (including phenoxy) is 14. The Morgan fingerprint density at radius 1 is 0.250 bits per heavy atom. The molecule has 0 heterocycles. The first-order valence-corrected chi connectivity index (χ1v) is 28.0. The Bertz CT molecular complexity index is 3700. The molecule has 0 atom stereocenters. The van der Waals surface area contributed by atoms with E-state index in [1.807, 2.05) is 170 Å². The van der Waals surface area contributed by atoms with Crippen molar-refractivity contribution in [3.63, 3.8) is 0 Å². The van der Waals surface area contributed by atoms with Gasteiger partial charge in [-0.15, -0.1) is 12.8 Å². The van der Waals surface area contributed by atoms with Crippen LogP contribution in [-0.4, -0.2) is 56.9 Å². The summed E-state index contributed by atoms with van der Waals surface area (Å²) in [7, 11) is 12.9. The van der Waals surface area contributed by atoms with E-state index in [9.17, 15) is 0 Å². The Morgan fingerprint density at radius 3 is 0.716 bits per heavy atom. The summed E-state index contributed by atoms with van der Waals surface area (Å²) in [5.74, 6) is 14.0. The van der Waals surface area contributed by atoms with Gasteiger partial charge in [-0.2, -0.15) is 0 Å². The summed E-state index contributed by atoms with van der Waals surface area (Å²) < 4.78 is 84.7. The van der Waals surface area contributed by atoms with E-state index in [4.69, 9.17) is 79.2 Å². The molecule has 88 heavy (non-hydrogen) atoms. The molecule has 10 aromatic carbocycles. The molecule has 10 rings (SSSR count). The maximum atomic E-state index is 7.06. The van der Waals surface area contributed by atoms with Crippen LogP contribution in [0, 0.1) is 24.7 Å². The lowest BCUT2D eigenvalue weighted by Gasteiger charge is -2.21. The van der Waals surface area contributed by atoms with Gasteiger partial charge in [0.25, 0.3) is 0 Å². The van der Waals surface area contributed by atoms with Crippen molar-refractivity contribution < 1.29 is 66.3 Å². The molecule has 0 aliphatic heterocycles. The number of fused-ring (bicyclic) bond motifs is 2. The van der Waals surface area contributed by atoms with E-state index in [0.29, 0.717) is 80.5 Å². The molecule has 446 valence electrons. The van der Waals surface area contributed by atoms with Crippen LogP contribution in [0.4, 0.5) is 0 Å². The zero-order valence-corrected chi connectivity index (χ0v) is 50.3. The molecule has 10 aromatic rings. The SMILES string of the molecule is C#Cc1ccc2c(-c3c(OCc4cc(OCc5cc(OC)cc(OC)c5)cc(OCc5cc(OC)cc(OC)c5)c4)ccc4cc(C#C)ccc34)c(OCc3cc(OCc4cc(OC)cc(OC)c4)cc(OCc4cc(OC)cc(OC)c4)c3)ccc2c1. The van der Waals surface area contributed by atoms with Gasteiger partial charge in [0.05, 0.1) is 56.9 Å². The molecule has 14 nitrogen and oxygen atoms in total. The van der Waals surface area contributed by atoms with Gasteiger partial charge < -0.3 is 66.3 Å². The fraction of sp³-hybridized carbons (Fsp3) is 0.189. The van der Waals surface area contributed by atoms with Gasteiger partial charge in [-0.25, -0.2) is 0 Å². The molecule has 0 fully saturated rings. The monoisotopic (exact) mass is 1180 g/mol. The summed E-state index contributed by atoms with van der Waals surface area (Å²) in [6.07, 6.45) is 12.0. The Balaban J connectivity index is 1.03. The van der Waals surface area contributed by atoms with Gasteiger partial charge in [0.1, 0.15) is 120 Å². The second kappa shape index (κ2) is 28.3. The Morgan fingerprint density at radius 2 is 0.477 bits per heavy atom. The van der Waals surface area contributed by atoms with Crippen molar-refractivity contribution in [1.82, 2.24) is 0 Å². The van der Waals surface area contributed by atoms with Crippen LogP contribution in [0.5, 0.6) is 80.5 Å². The van der Waals surface area contributed by atoms with Crippen molar-refractivity contribution in [2.45, 2.75) is 39.6 Å². The van der Waals surface area contributed by atoms with Gasteiger partial charge in [0.15, 0.2) is 0 Å². The molecule has 0 aliphatic carbocycles. The smallest absolute Gasteiger partial charge is 0.128 e. The van der Waals surface area contributed by atoms with Crippen LogP contribution in [0.15, 0.2) is 170 Å². The molecular formula is C74H66O14. The van der Waals surface area contributed by atoms with E-state index in [0.717, 1.165) is 77.2 Å². The molecule has 0 saturated carbocycles. The van der Waals surface area contributed by atoms with Gasteiger partial charge in [-0.1, -0.05) is 36.1 Å². The van der Waals surface area contributed by atoms with Crippen LogP contribution in [-0.2, 0) is 39.6 Å². The Kier molecular flexibility index (Phi) is 19.3. The number of methoxy groups -OCH3 is 8.